The number of carboxylic acids is 3. The number of aryl methyl sites for hydroxylation is 1. The van der Waals surface area contributed by atoms with Crippen LogP contribution in [0.5, 0.6) is 11.5 Å². The Labute approximate surface area is 268 Å². The molecule has 1 aromatic carbocycles. The van der Waals surface area contributed by atoms with Crippen LogP contribution in [-0.4, -0.2) is 115 Å². The third-order valence-electron chi connectivity index (χ3n) is 9.38. The summed E-state index contributed by atoms with van der Waals surface area (Å²) in [6.07, 6.45) is -7.42. The number of likely N-dealkylation sites (N-methyl/N-ethyl adjacent to an activating group) is 1. The molecular weight excluding hydrogens is 626 g/mol. The third kappa shape index (κ3) is 6.53. The molecule has 0 aromatic heterocycles. The average molecular weight is 664 g/mol. The van der Waals surface area contributed by atoms with Crippen molar-refractivity contribution in [1.82, 2.24) is 4.90 Å². The van der Waals surface area contributed by atoms with Gasteiger partial charge < -0.3 is 49.7 Å². The van der Waals surface area contributed by atoms with E-state index in [0.717, 1.165) is 5.56 Å². The summed E-state index contributed by atoms with van der Waals surface area (Å²) in [6, 6.07) is 2.73. The van der Waals surface area contributed by atoms with Crippen LogP contribution in [0.3, 0.4) is 0 Å². The van der Waals surface area contributed by atoms with E-state index in [2.05, 4.69) is 0 Å². The lowest BCUT2D eigenvalue weighted by Gasteiger charge is -2.58. The number of carboxylic acid groups (broad SMARTS) is 3. The molecule has 16 nitrogen and oxygen atoms in total. The second-order valence-electron chi connectivity index (χ2n) is 12.3. The number of hydrogen-bond acceptors (Lipinski definition) is 13. The SMILES string of the molecule is Cc1ccc(O)c2c1[C@]13CCN(C)[C@H](C)[C@]1(O)CC=C(OC(=O)C[C@H](CC(=O)C[C@H](O)C(=O)O)C(=O)O[C@H](CC(=O)O)C(=O)O)[C@@H]3O2. The number of carbonyl (C=O) groups is 6. The van der Waals surface area contributed by atoms with Crippen LogP contribution in [0.1, 0.15) is 56.6 Å². The van der Waals surface area contributed by atoms with Gasteiger partial charge >= 0.3 is 29.8 Å². The number of nitrogens with zero attached hydrogens (tertiary/aromatic N) is 1. The van der Waals surface area contributed by atoms with E-state index in [-0.39, 0.29) is 23.7 Å². The van der Waals surface area contributed by atoms with E-state index in [0.29, 0.717) is 18.5 Å². The van der Waals surface area contributed by atoms with Crippen LogP contribution in [0.2, 0.25) is 0 Å². The quantitative estimate of drug-likeness (QED) is 0.155. The maximum atomic E-state index is 13.4. The van der Waals surface area contributed by atoms with Crippen LogP contribution >= 0.6 is 0 Å². The Bertz CT molecular complexity index is 1520. The Kier molecular flexibility index (Phi) is 9.99. The minimum Gasteiger partial charge on any atom is -0.504 e. The molecule has 0 unspecified atom stereocenters. The van der Waals surface area contributed by atoms with Crippen molar-refractivity contribution in [2.45, 2.75) is 87.7 Å². The minimum absolute atomic E-state index is 0.00201. The number of likely N-dealkylation sites (tertiary alicyclic amines) is 1. The molecular formula is C31H37NO15. The van der Waals surface area contributed by atoms with Gasteiger partial charge in [-0.25, -0.2) is 9.59 Å². The number of Topliss-reactive ketones (excluding diaryl/α,β-unsaturated/α-hetero) is 1. The molecule has 7 atom stereocenters. The maximum absolute atomic E-state index is 13.4. The molecule has 0 bridgehead atoms. The van der Waals surface area contributed by atoms with Gasteiger partial charge in [0.2, 0.25) is 6.10 Å². The van der Waals surface area contributed by atoms with Crippen molar-refractivity contribution in [2.75, 3.05) is 13.6 Å². The van der Waals surface area contributed by atoms with Crippen LogP contribution < -0.4 is 4.74 Å². The average Bonchev–Trinajstić information content (AvgIpc) is 3.35. The predicted molar refractivity (Wildman–Crippen MR) is 155 cm³/mol. The smallest absolute Gasteiger partial charge is 0.345 e. The van der Waals surface area contributed by atoms with Gasteiger partial charge in [0, 0.05) is 30.9 Å². The Hall–Kier alpha value is -4.54. The molecule has 1 fully saturated rings. The van der Waals surface area contributed by atoms with Crippen molar-refractivity contribution >= 4 is 35.6 Å². The van der Waals surface area contributed by atoms with Crippen molar-refractivity contribution in [3.05, 3.63) is 35.1 Å². The lowest BCUT2D eigenvalue weighted by Crippen LogP contribution is -2.71. The van der Waals surface area contributed by atoms with Crippen molar-refractivity contribution < 1.29 is 73.6 Å². The first-order valence-corrected chi connectivity index (χ1v) is 14.8. The summed E-state index contributed by atoms with van der Waals surface area (Å²) in [5, 5.41) is 59.8. The maximum Gasteiger partial charge on any atom is 0.345 e. The summed E-state index contributed by atoms with van der Waals surface area (Å²) in [6.45, 7) is 4.16. The number of aromatic hydroxyl groups is 1. The standard InChI is InChI=1S/C31H37NO15/c1-14-4-5-18(34)25-24(14)30-8-9-32(3)15(2)31(30,44)7-6-20(26(30)47-25)45-23(38)11-16(10-17(33)12-19(35)27(39)40)29(43)46-21(28(41)42)13-22(36)37/h4-6,15-16,19,21,26,34-35,44H,7-13H2,1-3H3,(H,36,37)(H,39,40)(H,41,42)/t15-,16+,19+,21-,26+,30+,31-/m1/s1. The van der Waals surface area contributed by atoms with Gasteiger partial charge in [-0.3, -0.25) is 19.2 Å². The number of piperidine rings is 1. The van der Waals surface area contributed by atoms with Crippen LogP contribution in [0.4, 0.5) is 0 Å². The van der Waals surface area contributed by atoms with Crippen molar-refractivity contribution in [3.63, 3.8) is 0 Å². The molecule has 1 saturated heterocycles. The number of esters is 2. The highest BCUT2D eigenvalue weighted by Gasteiger charge is 2.69. The Morgan fingerprint density at radius 2 is 1.72 bits per heavy atom. The summed E-state index contributed by atoms with van der Waals surface area (Å²) in [7, 11) is 1.86. The van der Waals surface area contributed by atoms with E-state index in [4.69, 9.17) is 24.4 Å². The topological polar surface area (TPSA) is 255 Å². The molecule has 4 rings (SSSR count). The summed E-state index contributed by atoms with van der Waals surface area (Å²) < 4.78 is 16.7. The number of rotatable bonds is 13. The normalized spacial score (nSPS) is 26.6. The molecule has 1 aromatic rings. The van der Waals surface area contributed by atoms with E-state index >= 15 is 0 Å². The fourth-order valence-electron chi connectivity index (χ4n) is 6.85. The Morgan fingerprint density at radius 1 is 1.04 bits per heavy atom. The molecule has 1 spiro atoms. The lowest BCUT2D eigenvalue weighted by atomic mass is 9.54. The number of benzene rings is 1. The number of aliphatic carboxylic acids is 3. The zero-order valence-corrected chi connectivity index (χ0v) is 25.9. The summed E-state index contributed by atoms with van der Waals surface area (Å²) in [4.78, 5) is 74.5. The van der Waals surface area contributed by atoms with E-state index in [1.165, 1.54) is 12.1 Å². The number of hydrogen-bond donors (Lipinski definition) is 6. The summed E-state index contributed by atoms with van der Waals surface area (Å²) in [5.74, 6) is -10.5. The number of fused-ring (bicyclic) bond motifs is 1. The fraction of sp³-hybridized carbons (Fsp3) is 0.548. The molecule has 256 valence electrons. The van der Waals surface area contributed by atoms with Gasteiger partial charge in [0.1, 0.15) is 11.5 Å². The van der Waals surface area contributed by atoms with E-state index in [1.54, 1.807) is 13.0 Å². The predicted octanol–water partition coefficient (Wildman–Crippen LogP) is 0.258. The minimum atomic E-state index is -2.16. The first kappa shape index (κ1) is 35.3. The van der Waals surface area contributed by atoms with Gasteiger partial charge in [-0.1, -0.05) is 6.07 Å². The third-order valence-corrected chi connectivity index (χ3v) is 9.38. The van der Waals surface area contributed by atoms with Gasteiger partial charge in [-0.2, -0.15) is 0 Å². The molecule has 6 N–H and O–H groups in total. The van der Waals surface area contributed by atoms with E-state index in [9.17, 15) is 49.2 Å². The molecule has 2 heterocycles. The highest BCUT2D eigenvalue weighted by Crippen LogP contribution is 2.62. The number of aliphatic hydroxyl groups excluding tert-OH is 1. The molecule has 0 saturated carbocycles. The molecule has 2 aliphatic heterocycles. The Morgan fingerprint density at radius 3 is 2.34 bits per heavy atom. The first-order chi connectivity index (χ1) is 21.9. The van der Waals surface area contributed by atoms with Crippen molar-refractivity contribution in [3.8, 4) is 11.5 Å². The number of ether oxygens (including phenoxy) is 3. The Balaban J connectivity index is 1.63. The largest absolute Gasteiger partial charge is 0.504 e. The van der Waals surface area contributed by atoms with E-state index in [1.807, 2.05) is 18.9 Å². The second-order valence-corrected chi connectivity index (χ2v) is 12.3. The van der Waals surface area contributed by atoms with Gasteiger partial charge in [-0.05, 0) is 51.6 Å². The van der Waals surface area contributed by atoms with Crippen molar-refractivity contribution in [2.24, 2.45) is 5.92 Å². The van der Waals surface area contributed by atoms with Crippen LogP contribution in [0.15, 0.2) is 24.0 Å². The van der Waals surface area contributed by atoms with Crippen LogP contribution in [0.25, 0.3) is 0 Å². The molecule has 0 radical (unpaired) electrons. The van der Waals surface area contributed by atoms with Crippen LogP contribution in [-0.2, 0) is 43.7 Å². The molecule has 1 aliphatic carbocycles. The molecule has 0 amide bonds. The molecule has 16 heteroatoms. The van der Waals surface area contributed by atoms with Gasteiger partial charge in [0.05, 0.1) is 29.8 Å². The monoisotopic (exact) mass is 663 g/mol. The lowest BCUT2D eigenvalue weighted by molar-refractivity contribution is -0.172. The number of carbonyl (C=O) groups excluding carboxylic acids is 3. The van der Waals surface area contributed by atoms with Gasteiger partial charge in [0.25, 0.3) is 0 Å². The number of aliphatic hydroxyl groups is 2. The zero-order valence-electron chi connectivity index (χ0n) is 25.9. The van der Waals surface area contributed by atoms with Crippen LogP contribution in [0, 0.1) is 12.8 Å². The highest BCUT2D eigenvalue weighted by atomic mass is 16.6. The number of phenols is 1. The summed E-state index contributed by atoms with van der Waals surface area (Å²) >= 11 is 0. The van der Waals surface area contributed by atoms with Gasteiger partial charge in [0.15, 0.2) is 23.7 Å². The zero-order chi connectivity index (χ0) is 35.0. The fourth-order valence-corrected chi connectivity index (χ4v) is 6.85. The van der Waals surface area contributed by atoms with Gasteiger partial charge in [-0.15, -0.1) is 0 Å². The van der Waals surface area contributed by atoms with Crippen molar-refractivity contribution in [1.29, 1.82) is 0 Å². The molecule has 47 heavy (non-hydrogen) atoms. The summed E-state index contributed by atoms with van der Waals surface area (Å²) in [5.41, 5.74) is -1.32. The first-order valence-electron chi connectivity index (χ1n) is 14.8. The highest BCUT2D eigenvalue weighted by molar-refractivity contribution is 5.91. The second kappa shape index (κ2) is 13.3. The number of ketones is 1. The molecule has 3 aliphatic rings. The van der Waals surface area contributed by atoms with E-state index < -0.39 is 103 Å². The number of phenolic OH excluding ortho intramolecular Hbond substituents is 1.